The largest absolute Gasteiger partial charge is 0.481 e. The highest BCUT2D eigenvalue weighted by Crippen LogP contribution is 2.03. The highest BCUT2D eigenvalue weighted by atomic mass is 32.2. The van der Waals surface area contributed by atoms with Gasteiger partial charge in [0.1, 0.15) is 11.5 Å². The van der Waals surface area contributed by atoms with E-state index >= 15 is 0 Å². The van der Waals surface area contributed by atoms with Gasteiger partial charge in [-0.05, 0) is 12.1 Å². The maximum atomic E-state index is 11.0. The molecule has 1 aromatic rings. The molecule has 1 aromatic heterocycles. The maximum absolute atomic E-state index is 11.0. The quantitative estimate of drug-likeness (QED) is 0.751. The van der Waals surface area contributed by atoms with E-state index < -0.39 is 16.8 Å². The first-order chi connectivity index (χ1) is 5.68. The van der Waals surface area contributed by atoms with Crippen molar-refractivity contribution in [1.82, 2.24) is 0 Å². The van der Waals surface area contributed by atoms with Crippen LogP contribution in [0.25, 0.3) is 0 Å². The fourth-order valence-corrected chi connectivity index (χ4v) is 1.60. The van der Waals surface area contributed by atoms with Crippen LogP contribution in [0.2, 0.25) is 0 Å². The van der Waals surface area contributed by atoms with Crippen LogP contribution in [0.1, 0.15) is 5.76 Å². The zero-order chi connectivity index (χ0) is 8.97. The summed E-state index contributed by atoms with van der Waals surface area (Å²) in [6.45, 7) is 0. The average molecular weight is 188 g/mol. The fraction of sp³-hybridized carbons (Fsp3) is 0.286. The normalized spacial score (nSPS) is 12.7. The molecule has 0 saturated heterocycles. The lowest BCUT2D eigenvalue weighted by atomic mass is 10.5. The Morgan fingerprint density at radius 3 is 2.92 bits per heavy atom. The lowest BCUT2D eigenvalue weighted by Crippen LogP contribution is -2.10. The van der Waals surface area contributed by atoms with Crippen LogP contribution in [0.3, 0.4) is 0 Å². The van der Waals surface area contributed by atoms with E-state index in [2.05, 4.69) is 0 Å². The third kappa shape index (κ3) is 2.87. The Hall–Kier alpha value is -1.10. The van der Waals surface area contributed by atoms with Gasteiger partial charge in [0.15, 0.2) is 0 Å². The van der Waals surface area contributed by atoms with E-state index in [0.717, 1.165) is 0 Å². The molecular weight excluding hydrogens is 180 g/mol. The third-order valence-corrected chi connectivity index (χ3v) is 2.34. The van der Waals surface area contributed by atoms with Gasteiger partial charge in [-0.2, -0.15) is 0 Å². The predicted molar refractivity (Wildman–Crippen MR) is 43.1 cm³/mol. The molecular formula is C7H8O4S. The van der Waals surface area contributed by atoms with Crippen LogP contribution in [-0.2, 0) is 21.3 Å². The molecule has 1 atom stereocenters. The molecule has 0 aliphatic carbocycles. The van der Waals surface area contributed by atoms with Crippen molar-refractivity contribution in [2.45, 2.75) is 5.75 Å². The highest BCUT2D eigenvalue weighted by Gasteiger charge is 2.07. The van der Waals surface area contributed by atoms with Gasteiger partial charge in [0.25, 0.3) is 0 Å². The number of aliphatic carboxylic acids is 1. The summed E-state index contributed by atoms with van der Waals surface area (Å²) in [6, 6.07) is 3.34. The minimum Gasteiger partial charge on any atom is -0.481 e. The third-order valence-electron chi connectivity index (χ3n) is 1.17. The zero-order valence-corrected chi connectivity index (χ0v) is 7.04. The molecule has 0 aliphatic rings. The summed E-state index contributed by atoms with van der Waals surface area (Å²) in [5, 5.41) is 8.29. The van der Waals surface area contributed by atoms with Gasteiger partial charge in [0.05, 0.1) is 12.0 Å². The summed E-state index contributed by atoms with van der Waals surface area (Å²) in [6.07, 6.45) is 1.47. The number of carboxylic acids is 1. The molecule has 12 heavy (non-hydrogen) atoms. The van der Waals surface area contributed by atoms with Crippen LogP contribution in [0.5, 0.6) is 0 Å². The van der Waals surface area contributed by atoms with Gasteiger partial charge in [0.2, 0.25) is 0 Å². The number of rotatable bonds is 4. The van der Waals surface area contributed by atoms with Crippen LogP contribution in [-0.4, -0.2) is 21.0 Å². The van der Waals surface area contributed by atoms with Crippen molar-refractivity contribution >= 4 is 16.8 Å². The molecule has 0 radical (unpaired) electrons. The Bertz CT molecular complexity index is 278. The van der Waals surface area contributed by atoms with E-state index in [1.807, 2.05) is 0 Å². The summed E-state index contributed by atoms with van der Waals surface area (Å²) < 4.78 is 15.9. The predicted octanol–water partition coefficient (Wildman–Crippen LogP) is 0.613. The second kappa shape index (κ2) is 4.06. The summed E-state index contributed by atoms with van der Waals surface area (Å²) >= 11 is 0. The smallest absolute Gasteiger partial charge is 0.316 e. The van der Waals surface area contributed by atoms with Gasteiger partial charge in [-0.3, -0.25) is 9.00 Å². The maximum Gasteiger partial charge on any atom is 0.316 e. The first-order valence-corrected chi connectivity index (χ1v) is 4.76. The molecule has 1 N–H and O–H groups in total. The molecule has 5 heteroatoms. The molecule has 0 aliphatic heterocycles. The number of furan rings is 1. The Morgan fingerprint density at radius 2 is 2.42 bits per heavy atom. The Labute approximate surface area is 71.7 Å². The lowest BCUT2D eigenvalue weighted by molar-refractivity contribution is -0.133. The number of hydrogen-bond acceptors (Lipinski definition) is 3. The van der Waals surface area contributed by atoms with E-state index in [1.165, 1.54) is 6.26 Å². The van der Waals surface area contributed by atoms with Gasteiger partial charge in [-0.1, -0.05) is 0 Å². The Balaban J connectivity index is 2.42. The van der Waals surface area contributed by atoms with Crippen LogP contribution >= 0.6 is 0 Å². The number of hydrogen-bond donors (Lipinski definition) is 1. The summed E-state index contributed by atoms with van der Waals surface area (Å²) in [7, 11) is -1.37. The van der Waals surface area contributed by atoms with Crippen molar-refractivity contribution in [2.24, 2.45) is 0 Å². The van der Waals surface area contributed by atoms with Crippen LogP contribution in [0.4, 0.5) is 0 Å². The van der Waals surface area contributed by atoms with Gasteiger partial charge in [-0.25, -0.2) is 0 Å². The van der Waals surface area contributed by atoms with Gasteiger partial charge in [-0.15, -0.1) is 0 Å². The first kappa shape index (κ1) is 8.99. The second-order valence-electron chi connectivity index (χ2n) is 2.20. The van der Waals surface area contributed by atoms with Gasteiger partial charge in [0, 0.05) is 10.8 Å². The molecule has 1 heterocycles. The van der Waals surface area contributed by atoms with Crippen molar-refractivity contribution in [1.29, 1.82) is 0 Å². The molecule has 0 spiro atoms. The molecule has 66 valence electrons. The lowest BCUT2D eigenvalue weighted by Gasteiger charge is -1.94. The Kier molecular flexibility index (Phi) is 3.04. The van der Waals surface area contributed by atoms with Crippen molar-refractivity contribution in [2.75, 3.05) is 5.75 Å². The van der Waals surface area contributed by atoms with E-state index in [0.29, 0.717) is 5.76 Å². The molecule has 0 aromatic carbocycles. The first-order valence-electron chi connectivity index (χ1n) is 3.27. The summed E-state index contributed by atoms with van der Waals surface area (Å²) in [4.78, 5) is 10.1. The zero-order valence-electron chi connectivity index (χ0n) is 6.23. The summed E-state index contributed by atoms with van der Waals surface area (Å²) in [5.74, 6) is -0.672. The van der Waals surface area contributed by atoms with E-state index in [1.54, 1.807) is 12.1 Å². The summed E-state index contributed by atoms with van der Waals surface area (Å²) in [5.41, 5.74) is 0. The monoisotopic (exact) mass is 188 g/mol. The molecule has 4 nitrogen and oxygen atoms in total. The van der Waals surface area contributed by atoms with Gasteiger partial charge >= 0.3 is 5.97 Å². The van der Waals surface area contributed by atoms with Crippen LogP contribution < -0.4 is 0 Å². The molecule has 0 fully saturated rings. The van der Waals surface area contributed by atoms with Crippen molar-refractivity contribution in [3.63, 3.8) is 0 Å². The molecule has 0 bridgehead atoms. The van der Waals surface area contributed by atoms with E-state index in [-0.39, 0.29) is 11.5 Å². The fourth-order valence-electron chi connectivity index (χ4n) is 0.742. The SMILES string of the molecule is O=C(O)C[S@@](=O)Cc1ccco1. The Morgan fingerprint density at radius 1 is 1.67 bits per heavy atom. The van der Waals surface area contributed by atoms with E-state index in [9.17, 15) is 9.00 Å². The van der Waals surface area contributed by atoms with Crippen molar-refractivity contribution in [3.8, 4) is 0 Å². The highest BCUT2D eigenvalue weighted by molar-refractivity contribution is 7.84. The number of carbonyl (C=O) groups is 1. The van der Waals surface area contributed by atoms with Crippen LogP contribution in [0, 0.1) is 0 Å². The number of carboxylic acid groups (broad SMARTS) is 1. The molecule has 0 unspecified atom stereocenters. The van der Waals surface area contributed by atoms with E-state index in [4.69, 9.17) is 9.52 Å². The molecule has 0 saturated carbocycles. The second-order valence-corrected chi connectivity index (χ2v) is 3.66. The minimum absolute atomic E-state index is 0.166. The average Bonchev–Trinajstić information content (AvgIpc) is 2.37. The standard InChI is InChI=1S/C7H8O4S/c8-7(9)5-12(10)4-6-2-1-3-11-6/h1-3H,4-5H2,(H,8,9)/t12-/m0/s1. The minimum atomic E-state index is -1.37. The molecule has 0 amide bonds. The van der Waals surface area contributed by atoms with Crippen molar-refractivity contribution in [3.05, 3.63) is 24.2 Å². The topological polar surface area (TPSA) is 67.5 Å². The molecule has 1 rings (SSSR count). The van der Waals surface area contributed by atoms with Crippen molar-refractivity contribution < 1.29 is 18.5 Å². The van der Waals surface area contributed by atoms with Crippen LogP contribution in [0.15, 0.2) is 22.8 Å². The van der Waals surface area contributed by atoms with Gasteiger partial charge < -0.3 is 9.52 Å².